The Labute approximate surface area is 75.1 Å². The Morgan fingerprint density at radius 1 is 1.46 bits per heavy atom. The van der Waals surface area contributed by atoms with Crippen LogP contribution in [0.2, 0.25) is 0 Å². The third-order valence-corrected chi connectivity index (χ3v) is 2.67. The van der Waals surface area contributed by atoms with Crippen molar-refractivity contribution in [3.63, 3.8) is 0 Å². The molecule has 13 heavy (non-hydrogen) atoms. The Hall–Kier alpha value is -0.290. The molecule has 1 saturated heterocycles. The van der Waals surface area contributed by atoms with Crippen LogP contribution in [0.4, 0.5) is 13.2 Å². The average molecular weight is 197 g/mol. The molecule has 0 aromatic rings. The zero-order chi connectivity index (χ0) is 10.1. The maximum Gasteiger partial charge on any atom is 0.417 e. The number of alkyl halides is 3. The smallest absolute Gasteiger partial charge is 0.380 e. The van der Waals surface area contributed by atoms with Gasteiger partial charge in [0.2, 0.25) is 0 Å². The highest BCUT2D eigenvalue weighted by atomic mass is 19.4. The van der Waals surface area contributed by atoms with Gasteiger partial charge >= 0.3 is 6.18 Å². The molecule has 0 unspecified atom stereocenters. The molecule has 0 aromatic carbocycles. The summed E-state index contributed by atoms with van der Waals surface area (Å²) >= 11 is 0. The number of nitrogens with one attached hydrogen (secondary N) is 1. The fourth-order valence-corrected chi connectivity index (χ4v) is 1.64. The van der Waals surface area contributed by atoms with E-state index >= 15 is 0 Å². The molecule has 5 heteroatoms. The number of hydrogen-bond donors (Lipinski definition) is 2. The van der Waals surface area contributed by atoms with Crippen LogP contribution >= 0.6 is 0 Å². The van der Waals surface area contributed by atoms with E-state index in [0.717, 1.165) is 0 Å². The second-order valence-corrected chi connectivity index (χ2v) is 3.63. The largest absolute Gasteiger partial charge is 0.417 e. The summed E-state index contributed by atoms with van der Waals surface area (Å²) in [5.41, 5.74) is -2.50. The van der Waals surface area contributed by atoms with Gasteiger partial charge in [-0.05, 0) is 19.4 Å². The monoisotopic (exact) mass is 197 g/mol. The normalized spacial score (nSPS) is 37.2. The Morgan fingerprint density at radius 2 is 2.08 bits per heavy atom. The summed E-state index contributed by atoms with van der Waals surface area (Å²) in [4.78, 5) is 0. The van der Waals surface area contributed by atoms with Crippen molar-refractivity contribution in [2.45, 2.75) is 31.5 Å². The molecule has 0 spiro atoms. The zero-order valence-electron chi connectivity index (χ0n) is 7.49. The predicted molar refractivity (Wildman–Crippen MR) is 42.3 cm³/mol. The van der Waals surface area contributed by atoms with Gasteiger partial charge in [0.05, 0.1) is 0 Å². The molecule has 2 N–H and O–H groups in total. The number of halogens is 3. The Bertz CT molecular complexity index is 183. The van der Waals surface area contributed by atoms with Crippen LogP contribution in [0.5, 0.6) is 0 Å². The summed E-state index contributed by atoms with van der Waals surface area (Å²) in [5, 5.41) is 12.4. The molecule has 1 rings (SSSR count). The van der Waals surface area contributed by atoms with E-state index in [2.05, 4.69) is 5.32 Å². The molecule has 0 amide bonds. The van der Waals surface area contributed by atoms with Crippen LogP contribution in [0.3, 0.4) is 0 Å². The van der Waals surface area contributed by atoms with Gasteiger partial charge in [0.15, 0.2) is 5.60 Å². The van der Waals surface area contributed by atoms with Gasteiger partial charge in [-0.3, -0.25) is 0 Å². The molecule has 1 aliphatic rings. The molecular formula is C8H14F3NO. The highest BCUT2D eigenvalue weighted by Crippen LogP contribution is 2.40. The first-order valence-electron chi connectivity index (χ1n) is 4.38. The molecule has 0 radical (unpaired) electrons. The average Bonchev–Trinajstić information content (AvgIpc) is 2.14. The molecule has 2 atom stereocenters. The SMILES string of the molecule is C[C@H]1CNCCC[C@@]1(O)C(F)(F)F. The fraction of sp³-hybridized carbons (Fsp3) is 1.00. The van der Waals surface area contributed by atoms with Crippen molar-refractivity contribution >= 4 is 0 Å². The molecule has 2 nitrogen and oxygen atoms in total. The van der Waals surface area contributed by atoms with E-state index in [4.69, 9.17) is 0 Å². The first kappa shape index (κ1) is 10.8. The zero-order valence-corrected chi connectivity index (χ0v) is 7.49. The lowest BCUT2D eigenvalue weighted by molar-refractivity contribution is -0.278. The van der Waals surface area contributed by atoms with Crippen LogP contribution in [0.25, 0.3) is 0 Å². The molecule has 78 valence electrons. The van der Waals surface area contributed by atoms with Crippen LogP contribution < -0.4 is 5.32 Å². The van der Waals surface area contributed by atoms with Crippen molar-refractivity contribution in [3.05, 3.63) is 0 Å². The highest BCUT2D eigenvalue weighted by Gasteiger charge is 2.56. The summed E-state index contributed by atoms with van der Waals surface area (Å²) in [6.45, 7) is 2.19. The minimum Gasteiger partial charge on any atom is -0.380 e. The third kappa shape index (κ3) is 1.96. The van der Waals surface area contributed by atoms with E-state index < -0.39 is 17.7 Å². The molecule has 1 heterocycles. The summed E-state index contributed by atoms with van der Waals surface area (Å²) in [6, 6.07) is 0. The molecule has 0 aliphatic carbocycles. The van der Waals surface area contributed by atoms with Crippen LogP contribution in [0.1, 0.15) is 19.8 Å². The van der Waals surface area contributed by atoms with E-state index in [9.17, 15) is 18.3 Å². The minimum absolute atomic E-state index is 0.204. The molecule has 0 aromatic heterocycles. The van der Waals surface area contributed by atoms with Gasteiger partial charge in [0, 0.05) is 12.5 Å². The van der Waals surface area contributed by atoms with E-state index in [-0.39, 0.29) is 13.0 Å². The quantitative estimate of drug-likeness (QED) is 0.613. The molecule has 1 aliphatic heterocycles. The first-order chi connectivity index (χ1) is 5.88. The number of rotatable bonds is 0. The summed E-state index contributed by atoms with van der Waals surface area (Å²) in [5.74, 6) is -0.782. The van der Waals surface area contributed by atoms with Gasteiger partial charge in [-0.25, -0.2) is 0 Å². The van der Waals surface area contributed by atoms with Crippen molar-refractivity contribution in [2.24, 2.45) is 5.92 Å². The van der Waals surface area contributed by atoms with Crippen molar-refractivity contribution in [2.75, 3.05) is 13.1 Å². The van der Waals surface area contributed by atoms with Crippen LogP contribution in [-0.4, -0.2) is 30.0 Å². The second kappa shape index (κ2) is 3.46. The Kier molecular flexibility index (Phi) is 2.87. The summed E-state index contributed by atoms with van der Waals surface area (Å²) in [6.07, 6.45) is -4.36. The van der Waals surface area contributed by atoms with Crippen molar-refractivity contribution in [1.29, 1.82) is 0 Å². The topological polar surface area (TPSA) is 32.3 Å². The van der Waals surface area contributed by atoms with Crippen molar-refractivity contribution < 1.29 is 18.3 Å². The number of hydrogen-bond acceptors (Lipinski definition) is 2. The van der Waals surface area contributed by atoms with E-state index in [0.29, 0.717) is 13.0 Å². The lowest BCUT2D eigenvalue weighted by Gasteiger charge is -2.34. The van der Waals surface area contributed by atoms with Crippen LogP contribution in [0, 0.1) is 5.92 Å². The van der Waals surface area contributed by atoms with Gasteiger partial charge in [0.1, 0.15) is 0 Å². The summed E-state index contributed by atoms with van der Waals surface area (Å²) in [7, 11) is 0. The lowest BCUT2D eigenvalue weighted by Crippen LogP contribution is -2.51. The number of aliphatic hydroxyl groups is 1. The Balaban J connectivity index is 2.83. The molecule has 0 bridgehead atoms. The molecular weight excluding hydrogens is 183 g/mol. The first-order valence-corrected chi connectivity index (χ1v) is 4.38. The van der Waals surface area contributed by atoms with Gasteiger partial charge < -0.3 is 10.4 Å². The molecule has 0 saturated carbocycles. The van der Waals surface area contributed by atoms with Crippen LogP contribution in [-0.2, 0) is 0 Å². The van der Waals surface area contributed by atoms with Crippen LogP contribution in [0.15, 0.2) is 0 Å². The van der Waals surface area contributed by atoms with Crippen molar-refractivity contribution in [3.8, 4) is 0 Å². The highest BCUT2D eigenvalue weighted by molar-refractivity contribution is 4.93. The van der Waals surface area contributed by atoms with Gasteiger partial charge in [-0.1, -0.05) is 6.92 Å². The second-order valence-electron chi connectivity index (χ2n) is 3.63. The van der Waals surface area contributed by atoms with E-state index in [1.165, 1.54) is 6.92 Å². The molecule has 1 fully saturated rings. The fourth-order valence-electron chi connectivity index (χ4n) is 1.64. The van der Waals surface area contributed by atoms with Gasteiger partial charge in [-0.15, -0.1) is 0 Å². The minimum atomic E-state index is -4.52. The summed E-state index contributed by atoms with van der Waals surface area (Å²) < 4.78 is 37.4. The Morgan fingerprint density at radius 3 is 2.62 bits per heavy atom. The van der Waals surface area contributed by atoms with E-state index in [1.54, 1.807) is 0 Å². The predicted octanol–water partition coefficient (Wildman–Crippen LogP) is 1.30. The maximum atomic E-state index is 12.5. The van der Waals surface area contributed by atoms with Gasteiger partial charge in [-0.2, -0.15) is 13.2 Å². The third-order valence-electron chi connectivity index (χ3n) is 2.67. The maximum absolute atomic E-state index is 12.5. The van der Waals surface area contributed by atoms with Crippen molar-refractivity contribution in [1.82, 2.24) is 5.32 Å². The standard InChI is InChI=1S/C8H14F3NO/c1-6-5-12-4-2-3-7(6,13)8(9,10)11/h6,12-13H,2-5H2,1H3/t6-,7-/m0/s1. The van der Waals surface area contributed by atoms with E-state index in [1.807, 2.05) is 0 Å². The lowest BCUT2D eigenvalue weighted by atomic mass is 9.85. The van der Waals surface area contributed by atoms with Gasteiger partial charge in [0.25, 0.3) is 0 Å².